The van der Waals surface area contributed by atoms with Crippen LogP contribution in [0.2, 0.25) is 0 Å². The van der Waals surface area contributed by atoms with E-state index >= 15 is 0 Å². The molecule has 1 N–H and O–H groups in total. The van der Waals surface area contributed by atoms with Crippen molar-refractivity contribution in [2.24, 2.45) is 0 Å². The molecule has 3 aromatic rings. The van der Waals surface area contributed by atoms with Gasteiger partial charge in [0.15, 0.2) is 0 Å². The van der Waals surface area contributed by atoms with Gasteiger partial charge in [-0.3, -0.25) is 0 Å². The Morgan fingerprint density at radius 3 is 2.38 bits per heavy atom. The van der Waals surface area contributed by atoms with Gasteiger partial charge in [-0.05, 0) is 40.8 Å². The zero-order valence-electron chi connectivity index (χ0n) is 15.7. The largest absolute Gasteiger partial charge is 0.388 e. The Hall–Kier alpha value is -2.80. The molecule has 1 nitrogen and oxygen atoms in total. The monoisotopic (exact) mass is 341 g/mol. The molecule has 0 bridgehead atoms. The zero-order valence-corrected chi connectivity index (χ0v) is 15.7. The number of hydrogen-bond acceptors (Lipinski definition) is 1. The van der Waals surface area contributed by atoms with Crippen LogP contribution >= 0.6 is 0 Å². The molecule has 0 spiro atoms. The first-order valence-corrected chi connectivity index (χ1v) is 9.20. The van der Waals surface area contributed by atoms with Crippen LogP contribution in [0.3, 0.4) is 0 Å². The third-order valence-corrected chi connectivity index (χ3v) is 5.08. The molecule has 0 fully saturated rings. The molecular formula is C25H27N. The highest BCUT2D eigenvalue weighted by Gasteiger charge is 2.28. The van der Waals surface area contributed by atoms with Crippen LogP contribution in [0.1, 0.15) is 30.9 Å². The Morgan fingerprint density at radius 1 is 0.923 bits per heavy atom. The number of nitrogens with one attached hydrogen (secondary N) is 1. The first-order valence-electron chi connectivity index (χ1n) is 9.20. The van der Waals surface area contributed by atoms with Gasteiger partial charge in [0.2, 0.25) is 0 Å². The SMILES string of the molecule is C=CCC(C)(C/C=C/c1ccccc1)c1c(NC)ccc2ccccc12. The smallest absolute Gasteiger partial charge is 0.0382 e. The molecule has 0 aromatic heterocycles. The van der Waals surface area contributed by atoms with Crippen LogP contribution < -0.4 is 5.32 Å². The minimum Gasteiger partial charge on any atom is -0.388 e. The Kier molecular flexibility index (Phi) is 5.58. The summed E-state index contributed by atoms with van der Waals surface area (Å²) in [5.74, 6) is 0. The maximum Gasteiger partial charge on any atom is 0.0382 e. The van der Waals surface area contributed by atoms with Gasteiger partial charge in [0, 0.05) is 18.2 Å². The third-order valence-electron chi connectivity index (χ3n) is 5.08. The zero-order chi connectivity index (χ0) is 18.4. The van der Waals surface area contributed by atoms with Gasteiger partial charge in [-0.1, -0.05) is 85.8 Å². The van der Waals surface area contributed by atoms with Gasteiger partial charge < -0.3 is 5.32 Å². The molecular weight excluding hydrogens is 314 g/mol. The van der Waals surface area contributed by atoms with Gasteiger partial charge in [-0.2, -0.15) is 0 Å². The Bertz CT molecular complexity index is 908. The van der Waals surface area contributed by atoms with E-state index in [1.807, 2.05) is 13.1 Å². The molecule has 26 heavy (non-hydrogen) atoms. The molecule has 0 saturated heterocycles. The van der Waals surface area contributed by atoms with E-state index in [9.17, 15) is 0 Å². The Labute approximate surface area is 157 Å². The molecule has 1 unspecified atom stereocenters. The first kappa shape index (κ1) is 18.0. The van der Waals surface area contributed by atoms with Crippen LogP contribution in [-0.4, -0.2) is 7.05 Å². The van der Waals surface area contributed by atoms with Crippen molar-refractivity contribution in [3.8, 4) is 0 Å². The van der Waals surface area contributed by atoms with Gasteiger partial charge in [0.1, 0.15) is 0 Å². The van der Waals surface area contributed by atoms with Gasteiger partial charge >= 0.3 is 0 Å². The van der Waals surface area contributed by atoms with Gasteiger partial charge in [0.05, 0.1) is 0 Å². The van der Waals surface area contributed by atoms with Gasteiger partial charge in [-0.15, -0.1) is 6.58 Å². The van der Waals surface area contributed by atoms with E-state index in [1.54, 1.807) is 0 Å². The summed E-state index contributed by atoms with van der Waals surface area (Å²) < 4.78 is 0. The molecule has 0 saturated carbocycles. The summed E-state index contributed by atoms with van der Waals surface area (Å²) in [6, 6.07) is 23.5. The van der Waals surface area contributed by atoms with Crippen LogP contribution in [0.4, 0.5) is 5.69 Å². The predicted molar refractivity (Wildman–Crippen MR) is 116 cm³/mol. The van der Waals surface area contributed by atoms with Gasteiger partial charge in [-0.25, -0.2) is 0 Å². The lowest BCUT2D eigenvalue weighted by Gasteiger charge is -2.31. The van der Waals surface area contributed by atoms with E-state index in [-0.39, 0.29) is 5.41 Å². The highest BCUT2D eigenvalue weighted by molar-refractivity contribution is 5.91. The Balaban J connectivity index is 2.05. The second-order valence-electron chi connectivity index (χ2n) is 7.03. The lowest BCUT2D eigenvalue weighted by molar-refractivity contribution is 0.492. The van der Waals surface area contributed by atoms with E-state index in [0.29, 0.717) is 0 Å². The van der Waals surface area contributed by atoms with Crippen molar-refractivity contribution >= 4 is 22.5 Å². The maximum absolute atomic E-state index is 4.03. The standard InChI is InChI=1S/C25H27N/c1-4-18-25(2,19-10-13-20-11-6-5-7-12-20)24-22-15-9-8-14-21(22)16-17-23(24)26-3/h4-17,26H,1,18-19H2,2-3H3/b13-10+. The first-order chi connectivity index (χ1) is 12.7. The van der Waals surface area contributed by atoms with E-state index in [4.69, 9.17) is 0 Å². The number of anilines is 1. The van der Waals surface area contributed by atoms with E-state index in [2.05, 4.69) is 97.7 Å². The van der Waals surface area contributed by atoms with Crippen LogP contribution in [0.5, 0.6) is 0 Å². The maximum atomic E-state index is 4.03. The summed E-state index contributed by atoms with van der Waals surface area (Å²) >= 11 is 0. The fourth-order valence-corrected chi connectivity index (χ4v) is 3.76. The highest BCUT2D eigenvalue weighted by atomic mass is 14.8. The van der Waals surface area contributed by atoms with E-state index in [0.717, 1.165) is 12.8 Å². The quantitative estimate of drug-likeness (QED) is 0.465. The van der Waals surface area contributed by atoms with E-state index in [1.165, 1.54) is 27.6 Å². The summed E-state index contributed by atoms with van der Waals surface area (Å²) in [7, 11) is 2.00. The molecule has 0 aliphatic carbocycles. The number of fused-ring (bicyclic) bond motifs is 1. The fraction of sp³-hybridized carbons (Fsp3) is 0.200. The second kappa shape index (κ2) is 8.05. The van der Waals surface area contributed by atoms with E-state index < -0.39 is 0 Å². The fourth-order valence-electron chi connectivity index (χ4n) is 3.76. The highest BCUT2D eigenvalue weighted by Crippen LogP contribution is 2.41. The third kappa shape index (κ3) is 3.72. The molecule has 3 rings (SSSR count). The normalized spacial score (nSPS) is 13.6. The molecule has 3 aromatic carbocycles. The van der Waals surface area contributed by atoms with Crippen molar-refractivity contribution < 1.29 is 0 Å². The summed E-state index contributed by atoms with van der Waals surface area (Å²) in [4.78, 5) is 0. The number of rotatable bonds is 7. The average Bonchev–Trinajstić information content (AvgIpc) is 2.68. The second-order valence-corrected chi connectivity index (χ2v) is 7.03. The van der Waals surface area contributed by atoms with Crippen molar-refractivity contribution in [1.29, 1.82) is 0 Å². The van der Waals surface area contributed by atoms with Crippen LogP contribution in [-0.2, 0) is 5.41 Å². The molecule has 132 valence electrons. The number of hydrogen-bond donors (Lipinski definition) is 1. The van der Waals surface area contributed by atoms with Crippen LogP contribution in [0.15, 0.2) is 85.5 Å². The molecule has 0 aliphatic rings. The molecule has 0 amide bonds. The molecule has 1 atom stereocenters. The minimum absolute atomic E-state index is 0.0216. The van der Waals surface area contributed by atoms with Crippen molar-refractivity contribution in [3.05, 3.63) is 96.6 Å². The number of allylic oxidation sites excluding steroid dienone is 2. The predicted octanol–water partition coefficient (Wildman–Crippen LogP) is 6.82. The minimum atomic E-state index is -0.0216. The lowest BCUT2D eigenvalue weighted by atomic mass is 9.73. The van der Waals surface area contributed by atoms with Crippen molar-refractivity contribution in [2.45, 2.75) is 25.2 Å². The van der Waals surface area contributed by atoms with Gasteiger partial charge in [0.25, 0.3) is 0 Å². The Morgan fingerprint density at radius 2 is 1.65 bits per heavy atom. The number of benzene rings is 3. The summed E-state index contributed by atoms with van der Waals surface area (Å²) in [6.45, 7) is 6.37. The van der Waals surface area contributed by atoms with Crippen molar-refractivity contribution in [1.82, 2.24) is 0 Å². The van der Waals surface area contributed by atoms with Crippen LogP contribution in [0, 0.1) is 0 Å². The summed E-state index contributed by atoms with van der Waals surface area (Å²) in [6.07, 6.45) is 8.43. The molecule has 0 heterocycles. The molecule has 1 heteroatoms. The topological polar surface area (TPSA) is 12.0 Å². The van der Waals surface area contributed by atoms with Crippen LogP contribution in [0.25, 0.3) is 16.8 Å². The van der Waals surface area contributed by atoms with Crippen molar-refractivity contribution in [2.75, 3.05) is 12.4 Å². The summed E-state index contributed by atoms with van der Waals surface area (Å²) in [5.41, 5.74) is 3.78. The summed E-state index contributed by atoms with van der Waals surface area (Å²) in [5, 5.41) is 6.00. The molecule has 0 aliphatic heterocycles. The average molecular weight is 341 g/mol. The lowest BCUT2D eigenvalue weighted by Crippen LogP contribution is -2.22. The molecule has 0 radical (unpaired) electrons. The van der Waals surface area contributed by atoms with Crippen molar-refractivity contribution in [3.63, 3.8) is 0 Å².